The van der Waals surface area contributed by atoms with Crippen molar-refractivity contribution in [3.05, 3.63) is 34.9 Å². The van der Waals surface area contributed by atoms with Crippen molar-refractivity contribution >= 4 is 5.91 Å². The van der Waals surface area contributed by atoms with E-state index in [0.29, 0.717) is 6.61 Å². The van der Waals surface area contributed by atoms with E-state index in [1.807, 2.05) is 32.0 Å². The molecule has 1 unspecified atom stereocenters. The van der Waals surface area contributed by atoms with Gasteiger partial charge in [0, 0.05) is 0 Å². The van der Waals surface area contributed by atoms with Crippen molar-refractivity contribution in [1.29, 1.82) is 0 Å². The zero-order chi connectivity index (χ0) is 12.1. The number of benzene rings is 1. The molecule has 4 heteroatoms. The average molecular weight is 222 g/mol. The Kier molecular flexibility index (Phi) is 4.46. The van der Waals surface area contributed by atoms with E-state index >= 15 is 0 Å². The molecule has 0 heterocycles. The van der Waals surface area contributed by atoms with Crippen LogP contribution in [0.2, 0.25) is 0 Å². The van der Waals surface area contributed by atoms with Crippen molar-refractivity contribution in [3.63, 3.8) is 0 Å². The lowest BCUT2D eigenvalue weighted by Crippen LogP contribution is -2.23. The lowest BCUT2D eigenvalue weighted by molar-refractivity contribution is -0.122. The third-order valence-electron chi connectivity index (χ3n) is 2.38. The molecule has 16 heavy (non-hydrogen) atoms. The Hall–Kier alpha value is -1.39. The Balaban J connectivity index is 2.61. The molecule has 0 saturated heterocycles. The largest absolute Gasteiger partial charge is 0.370 e. The lowest BCUT2D eigenvalue weighted by atomic mass is 10.00. The first-order valence-corrected chi connectivity index (χ1v) is 5.19. The van der Waals surface area contributed by atoms with E-state index in [9.17, 15) is 4.79 Å². The van der Waals surface area contributed by atoms with Gasteiger partial charge in [0.2, 0.25) is 5.91 Å². The zero-order valence-electron chi connectivity index (χ0n) is 9.69. The molecule has 4 N–H and O–H groups in total. The summed E-state index contributed by atoms with van der Waals surface area (Å²) in [5.74, 6) is -0.479. The summed E-state index contributed by atoms with van der Waals surface area (Å²) < 4.78 is 5.11. The minimum absolute atomic E-state index is 0.0848. The quantitative estimate of drug-likeness (QED) is 0.773. The molecular weight excluding hydrogens is 204 g/mol. The maximum Gasteiger partial charge on any atom is 0.243 e. The molecule has 0 fully saturated rings. The number of hydrogen-bond donors (Lipinski definition) is 2. The summed E-state index contributed by atoms with van der Waals surface area (Å²) in [7, 11) is 0. The van der Waals surface area contributed by atoms with Crippen molar-refractivity contribution in [3.8, 4) is 0 Å². The molecule has 0 aliphatic carbocycles. The Bertz CT molecular complexity index is 377. The number of amides is 1. The van der Waals surface area contributed by atoms with Crippen LogP contribution in [0, 0.1) is 13.8 Å². The van der Waals surface area contributed by atoms with Crippen molar-refractivity contribution in [2.24, 2.45) is 11.5 Å². The standard InChI is InChI=1S/C12H18N2O2/c1-8-3-4-9(2)10(5-8)11(13)6-16-7-12(14)15/h3-5,11H,6-7,13H2,1-2H3,(H2,14,15). The summed E-state index contributed by atoms with van der Waals surface area (Å²) in [5, 5.41) is 0. The number of primary amides is 1. The van der Waals surface area contributed by atoms with Crippen LogP contribution in [0.1, 0.15) is 22.7 Å². The van der Waals surface area contributed by atoms with Gasteiger partial charge in [-0.25, -0.2) is 0 Å². The van der Waals surface area contributed by atoms with E-state index in [0.717, 1.165) is 16.7 Å². The number of rotatable bonds is 5. The van der Waals surface area contributed by atoms with E-state index in [1.54, 1.807) is 0 Å². The van der Waals surface area contributed by atoms with Gasteiger partial charge >= 0.3 is 0 Å². The van der Waals surface area contributed by atoms with Crippen LogP contribution in [0.25, 0.3) is 0 Å². The smallest absolute Gasteiger partial charge is 0.243 e. The van der Waals surface area contributed by atoms with Gasteiger partial charge in [0.1, 0.15) is 6.61 Å². The van der Waals surface area contributed by atoms with Crippen molar-refractivity contribution in [2.75, 3.05) is 13.2 Å². The normalized spacial score (nSPS) is 12.4. The van der Waals surface area contributed by atoms with Crippen molar-refractivity contribution in [2.45, 2.75) is 19.9 Å². The third kappa shape index (κ3) is 3.64. The van der Waals surface area contributed by atoms with Crippen LogP contribution < -0.4 is 11.5 Å². The second kappa shape index (κ2) is 5.63. The van der Waals surface area contributed by atoms with E-state index in [-0.39, 0.29) is 12.6 Å². The number of carbonyl (C=O) groups is 1. The minimum atomic E-state index is -0.479. The second-order valence-corrected chi connectivity index (χ2v) is 3.95. The van der Waals surface area contributed by atoms with Gasteiger partial charge in [-0.15, -0.1) is 0 Å². The highest BCUT2D eigenvalue weighted by Gasteiger charge is 2.09. The molecule has 0 radical (unpaired) electrons. The number of nitrogens with two attached hydrogens (primary N) is 2. The molecule has 1 aromatic carbocycles. The fourth-order valence-corrected chi connectivity index (χ4v) is 1.54. The monoisotopic (exact) mass is 222 g/mol. The average Bonchev–Trinajstić information content (AvgIpc) is 2.21. The van der Waals surface area contributed by atoms with E-state index < -0.39 is 5.91 Å². The van der Waals surface area contributed by atoms with Gasteiger partial charge < -0.3 is 16.2 Å². The number of hydrogen-bond acceptors (Lipinski definition) is 3. The molecule has 0 aliphatic heterocycles. The van der Waals surface area contributed by atoms with Gasteiger partial charge in [-0.3, -0.25) is 4.79 Å². The van der Waals surface area contributed by atoms with Crippen LogP contribution in [0.3, 0.4) is 0 Å². The highest BCUT2D eigenvalue weighted by molar-refractivity contribution is 5.74. The van der Waals surface area contributed by atoms with Crippen LogP contribution in [0.4, 0.5) is 0 Å². The fourth-order valence-electron chi connectivity index (χ4n) is 1.54. The number of aryl methyl sites for hydroxylation is 2. The first-order valence-electron chi connectivity index (χ1n) is 5.19. The van der Waals surface area contributed by atoms with Crippen molar-refractivity contribution in [1.82, 2.24) is 0 Å². The summed E-state index contributed by atoms with van der Waals surface area (Å²) in [6.45, 7) is 4.23. The van der Waals surface area contributed by atoms with Crippen LogP contribution in [0.5, 0.6) is 0 Å². The summed E-state index contributed by atoms with van der Waals surface area (Å²) in [6.07, 6.45) is 0. The Morgan fingerprint density at radius 1 is 1.44 bits per heavy atom. The van der Waals surface area contributed by atoms with E-state index in [1.165, 1.54) is 0 Å². The Morgan fingerprint density at radius 2 is 2.12 bits per heavy atom. The van der Waals surface area contributed by atoms with E-state index in [2.05, 4.69) is 0 Å². The van der Waals surface area contributed by atoms with Crippen molar-refractivity contribution < 1.29 is 9.53 Å². The fraction of sp³-hybridized carbons (Fsp3) is 0.417. The topological polar surface area (TPSA) is 78.3 Å². The summed E-state index contributed by atoms with van der Waals surface area (Å²) in [5.41, 5.74) is 14.3. The highest BCUT2D eigenvalue weighted by Crippen LogP contribution is 2.17. The van der Waals surface area contributed by atoms with Crippen LogP contribution in [-0.4, -0.2) is 19.1 Å². The van der Waals surface area contributed by atoms with Gasteiger partial charge in [0.25, 0.3) is 0 Å². The number of ether oxygens (including phenoxy) is 1. The second-order valence-electron chi connectivity index (χ2n) is 3.95. The molecule has 1 atom stereocenters. The van der Waals surface area contributed by atoms with Gasteiger partial charge in [-0.05, 0) is 25.0 Å². The molecular formula is C12H18N2O2. The summed E-state index contributed by atoms with van der Waals surface area (Å²) >= 11 is 0. The maximum absolute atomic E-state index is 10.5. The first kappa shape index (κ1) is 12.7. The van der Waals surface area contributed by atoms with Gasteiger partial charge in [-0.2, -0.15) is 0 Å². The SMILES string of the molecule is Cc1ccc(C)c(C(N)COCC(N)=O)c1. The predicted molar refractivity (Wildman–Crippen MR) is 62.9 cm³/mol. The van der Waals surface area contributed by atoms with E-state index in [4.69, 9.17) is 16.2 Å². The molecule has 0 aliphatic rings. The molecule has 1 rings (SSSR count). The van der Waals surface area contributed by atoms with Crippen LogP contribution in [-0.2, 0) is 9.53 Å². The van der Waals surface area contributed by atoms with Gasteiger partial charge in [0.15, 0.2) is 0 Å². The third-order valence-corrected chi connectivity index (χ3v) is 2.38. The molecule has 0 aromatic heterocycles. The molecule has 88 valence electrons. The Labute approximate surface area is 95.6 Å². The summed E-state index contributed by atoms with van der Waals surface area (Å²) in [6, 6.07) is 5.88. The van der Waals surface area contributed by atoms with Gasteiger partial charge in [0.05, 0.1) is 12.6 Å². The minimum Gasteiger partial charge on any atom is -0.370 e. The molecule has 1 amide bonds. The lowest BCUT2D eigenvalue weighted by Gasteiger charge is -2.15. The molecule has 1 aromatic rings. The maximum atomic E-state index is 10.5. The van der Waals surface area contributed by atoms with Gasteiger partial charge in [-0.1, -0.05) is 23.8 Å². The number of carbonyl (C=O) groups excluding carboxylic acids is 1. The molecule has 0 bridgehead atoms. The predicted octanol–water partition coefficient (Wildman–Crippen LogP) is 0.805. The van der Waals surface area contributed by atoms with Crippen LogP contribution >= 0.6 is 0 Å². The summed E-state index contributed by atoms with van der Waals surface area (Å²) in [4.78, 5) is 10.5. The highest BCUT2D eigenvalue weighted by atomic mass is 16.5. The zero-order valence-corrected chi connectivity index (χ0v) is 9.69. The molecule has 0 spiro atoms. The molecule has 4 nitrogen and oxygen atoms in total. The first-order chi connectivity index (χ1) is 7.50. The van der Waals surface area contributed by atoms with Crippen LogP contribution in [0.15, 0.2) is 18.2 Å². The molecule has 0 saturated carbocycles. The Morgan fingerprint density at radius 3 is 2.75 bits per heavy atom.